The zero-order valence-corrected chi connectivity index (χ0v) is 18.1. The number of likely N-dealkylation sites (tertiary alicyclic amines) is 1. The Balaban J connectivity index is 1.69. The van der Waals surface area contributed by atoms with Crippen molar-refractivity contribution in [1.29, 1.82) is 0 Å². The largest absolute Gasteiger partial charge is 0.327 e. The summed E-state index contributed by atoms with van der Waals surface area (Å²) in [6, 6.07) is 10.0. The summed E-state index contributed by atoms with van der Waals surface area (Å²) in [5.41, 5.74) is 1.73. The van der Waals surface area contributed by atoms with Gasteiger partial charge in [0.05, 0.1) is 22.5 Å². The van der Waals surface area contributed by atoms with Gasteiger partial charge in [-0.1, -0.05) is 6.07 Å². The average Bonchev–Trinajstić information content (AvgIpc) is 3.40. The van der Waals surface area contributed by atoms with Crippen molar-refractivity contribution in [3.05, 3.63) is 46.4 Å². The smallest absolute Gasteiger partial charge is 0.242 e. The van der Waals surface area contributed by atoms with Crippen LogP contribution in [-0.2, 0) is 23.1 Å². The number of fused-ring (bicyclic) bond motifs is 1. The third-order valence-electron chi connectivity index (χ3n) is 5.47. The molecule has 1 aromatic carbocycles. The Kier molecular flexibility index (Phi) is 5.30. The lowest BCUT2D eigenvalue weighted by molar-refractivity contribution is 0.242. The second-order valence-electron chi connectivity index (χ2n) is 7.35. The zero-order valence-electron chi connectivity index (χ0n) is 16.5. The number of hydrogen-bond acceptors (Lipinski definition) is 5. The van der Waals surface area contributed by atoms with Crippen molar-refractivity contribution in [1.82, 2.24) is 18.8 Å². The molecule has 4 rings (SSSR count). The van der Waals surface area contributed by atoms with Gasteiger partial charge in [-0.3, -0.25) is 4.90 Å². The summed E-state index contributed by atoms with van der Waals surface area (Å²) in [6.07, 6.45) is 2.37. The molecule has 0 bridgehead atoms. The molecule has 3 heterocycles. The number of sulfonamides is 1. The van der Waals surface area contributed by atoms with Gasteiger partial charge in [0.2, 0.25) is 10.0 Å². The first-order chi connectivity index (χ1) is 13.4. The van der Waals surface area contributed by atoms with E-state index in [-0.39, 0.29) is 4.90 Å². The molecule has 0 aliphatic carbocycles. The van der Waals surface area contributed by atoms with Gasteiger partial charge in [-0.2, -0.15) is 0 Å². The lowest BCUT2D eigenvalue weighted by Gasteiger charge is -2.23. The Morgan fingerprint density at radius 2 is 2.11 bits per heavy atom. The molecule has 1 aliphatic heterocycles. The Bertz CT molecular complexity index is 1070. The summed E-state index contributed by atoms with van der Waals surface area (Å²) < 4.78 is 28.4. The van der Waals surface area contributed by atoms with Gasteiger partial charge >= 0.3 is 0 Å². The van der Waals surface area contributed by atoms with Crippen LogP contribution in [0.4, 0.5) is 0 Å². The van der Waals surface area contributed by atoms with Crippen molar-refractivity contribution in [2.75, 3.05) is 20.6 Å². The number of hydrogen-bond donors (Lipinski definition) is 0. The Labute approximate surface area is 170 Å². The molecule has 0 spiro atoms. The first kappa shape index (κ1) is 19.6. The Morgan fingerprint density at radius 3 is 2.79 bits per heavy atom. The fourth-order valence-electron chi connectivity index (χ4n) is 4.00. The fourth-order valence-corrected chi connectivity index (χ4v) is 5.82. The van der Waals surface area contributed by atoms with Crippen LogP contribution in [0.2, 0.25) is 0 Å². The molecule has 0 N–H and O–H groups in total. The van der Waals surface area contributed by atoms with Gasteiger partial charge in [0.1, 0.15) is 5.82 Å². The predicted octanol–water partition coefficient (Wildman–Crippen LogP) is 3.71. The molecule has 1 atom stereocenters. The van der Waals surface area contributed by atoms with E-state index < -0.39 is 10.0 Å². The number of imidazole rings is 1. The van der Waals surface area contributed by atoms with Gasteiger partial charge in [-0.05, 0) is 56.0 Å². The number of nitrogens with zero attached hydrogens (tertiary/aromatic N) is 4. The Hall–Kier alpha value is -1.74. The molecular formula is C20H26N4O2S2. The summed E-state index contributed by atoms with van der Waals surface area (Å²) in [5.74, 6) is 1.00. The molecule has 2 aromatic heterocycles. The average molecular weight is 419 g/mol. The van der Waals surface area contributed by atoms with Crippen molar-refractivity contribution in [2.24, 2.45) is 0 Å². The van der Waals surface area contributed by atoms with Crippen LogP contribution >= 0.6 is 11.3 Å². The number of rotatable bonds is 6. The second kappa shape index (κ2) is 7.59. The van der Waals surface area contributed by atoms with Crippen LogP contribution < -0.4 is 0 Å². The number of aromatic nitrogens is 2. The molecule has 3 aromatic rings. The summed E-state index contributed by atoms with van der Waals surface area (Å²) in [7, 11) is -0.366. The molecular weight excluding hydrogens is 392 g/mol. The van der Waals surface area contributed by atoms with E-state index in [1.54, 1.807) is 26.2 Å². The van der Waals surface area contributed by atoms with Gasteiger partial charge in [0, 0.05) is 31.6 Å². The first-order valence-electron chi connectivity index (χ1n) is 9.61. The highest BCUT2D eigenvalue weighted by atomic mass is 32.2. The van der Waals surface area contributed by atoms with Crippen molar-refractivity contribution in [2.45, 2.75) is 43.8 Å². The molecule has 0 saturated carbocycles. The van der Waals surface area contributed by atoms with E-state index >= 15 is 0 Å². The molecule has 0 radical (unpaired) electrons. The number of aryl methyl sites for hydroxylation is 1. The SMILES string of the molecule is CCn1c(CN2CCC[C@H]2c2cccs2)nc2cc(S(=O)(=O)N(C)C)ccc21. The highest BCUT2D eigenvalue weighted by molar-refractivity contribution is 7.89. The van der Waals surface area contributed by atoms with Gasteiger partial charge in [-0.25, -0.2) is 17.7 Å². The molecule has 1 fully saturated rings. The number of benzene rings is 1. The van der Waals surface area contributed by atoms with Crippen LogP contribution in [0.15, 0.2) is 40.6 Å². The molecule has 6 nitrogen and oxygen atoms in total. The molecule has 1 saturated heterocycles. The van der Waals surface area contributed by atoms with E-state index in [1.807, 2.05) is 17.4 Å². The topological polar surface area (TPSA) is 58.4 Å². The lowest BCUT2D eigenvalue weighted by Crippen LogP contribution is -2.24. The van der Waals surface area contributed by atoms with Crippen LogP contribution in [0.25, 0.3) is 11.0 Å². The van der Waals surface area contributed by atoms with Crippen LogP contribution in [-0.4, -0.2) is 47.8 Å². The van der Waals surface area contributed by atoms with E-state index in [4.69, 9.17) is 4.98 Å². The minimum absolute atomic E-state index is 0.287. The van der Waals surface area contributed by atoms with E-state index in [0.29, 0.717) is 6.04 Å². The van der Waals surface area contributed by atoms with Crippen LogP contribution in [0.3, 0.4) is 0 Å². The fraction of sp³-hybridized carbons (Fsp3) is 0.450. The lowest BCUT2D eigenvalue weighted by atomic mass is 10.2. The van der Waals surface area contributed by atoms with Crippen molar-refractivity contribution < 1.29 is 8.42 Å². The highest BCUT2D eigenvalue weighted by Crippen LogP contribution is 2.35. The normalized spacial score (nSPS) is 18.5. The maximum absolute atomic E-state index is 12.5. The summed E-state index contributed by atoms with van der Waals surface area (Å²) in [5, 5.41) is 2.14. The van der Waals surface area contributed by atoms with Gasteiger partial charge in [-0.15, -0.1) is 11.3 Å². The third-order valence-corrected chi connectivity index (χ3v) is 8.26. The minimum atomic E-state index is -3.46. The molecule has 28 heavy (non-hydrogen) atoms. The van der Waals surface area contributed by atoms with Gasteiger partial charge in [0.15, 0.2) is 0 Å². The highest BCUT2D eigenvalue weighted by Gasteiger charge is 2.28. The maximum Gasteiger partial charge on any atom is 0.242 e. The van der Waals surface area contributed by atoms with Crippen LogP contribution in [0.1, 0.15) is 36.5 Å². The monoisotopic (exact) mass is 418 g/mol. The maximum atomic E-state index is 12.5. The second-order valence-corrected chi connectivity index (χ2v) is 10.5. The molecule has 150 valence electrons. The quantitative estimate of drug-likeness (QED) is 0.612. The van der Waals surface area contributed by atoms with E-state index in [2.05, 4.69) is 33.9 Å². The van der Waals surface area contributed by atoms with Crippen molar-refractivity contribution >= 4 is 32.4 Å². The van der Waals surface area contributed by atoms with Crippen molar-refractivity contribution in [3.8, 4) is 0 Å². The molecule has 0 amide bonds. The molecule has 0 unspecified atom stereocenters. The van der Waals surface area contributed by atoms with Gasteiger partial charge < -0.3 is 4.57 Å². The van der Waals surface area contributed by atoms with E-state index in [9.17, 15) is 8.42 Å². The zero-order chi connectivity index (χ0) is 19.9. The minimum Gasteiger partial charge on any atom is -0.327 e. The molecule has 8 heteroatoms. The summed E-state index contributed by atoms with van der Waals surface area (Å²) in [4.78, 5) is 9.03. The third kappa shape index (κ3) is 3.39. The standard InChI is InChI=1S/C20H26N4O2S2/c1-4-24-17-10-9-15(28(25,26)22(2)3)13-16(17)21-20(24)14-23-11-5-7-18(23)19-8-6-12-27-19/h6,8-10,12-13,18H,4-5,7,11,14H2,1-3H3/t18-/m0/s1. The number of thiophene rings is 1. The van der Waals surface area contributed by atoms with E-state index in [0.717, 1.165) is 36.5 Å². The van der Waals surface area contributed by atoms with Crippen molar-refractivity contribution in [3.63, 3.8) is 0 Å². The summed E-state index contributed by atoms with van der Waals surface area (Å²) >= 11 is 1.82. The first-order valence-corrected chi connectivity index (χ1v) is 11.9. The van der Waals surface area contributed by atoms with Crippen LogP contribution in [0, 0.1) is 0 Å². The Morgan fingerprint density at radius 1 is 1.29 bits per heavy atom. The van der Waals surface area contributed by atoms with E-state index in [1.165, 1.54) is 22.0 Å². The molecule has 1 aliphatic rings. The predicted molar refractivity (Wildman–Crippen MR) is 113 cm³/mol. The summed E-state index contributed by atoms with van der Waals surface area (Å²) in [6.45, 7) is 4.76. The van der Waals surface area contributed by atoms with Crippen LogP contribution in [0.5, 0.6) is 0 Å². The van der Waals surface area contributed by atoms with Gasteiger partial charge in [0.25, 0.3) is 0 Å².